The van der Waals surface area contributed by atoms with E-state index in [-0.39, 0.29) is 28.8 Å². The van der Waals surface area contributed by atoms with Crippen LogP contribution in [0.3, 0.4) is 0 Å². The van der Waals surface area contributed by atoms with Gasteiger partial charge in [-0.05, 0) is 47.1 Å². The molecule has 3 amide bonds. The Kier molecular flexibility index (Phi) is 15.9. The fraction of sp³-hybridized carbons (Fsp3) is 0.189. The maximum atomic E-state index is 14.5. The number of ether oxygens (including phenoxy) is 1. The summed E-state index contributed by atoms with van der Waals surface area (Å²) in [5.41, 5.74) is 2.77. The number of carbonyl (C=O) groups is 5. The zero-order valence-corrected chi connectivity index (χ0v) is 40.5. The SMILES string of the molecule is CCN(CC)C(=O)C=CSC1=C(C(=O)O)N2C(=O)[C@@H](NC(=O)C(=NOCC(=O)OC(c3ccccc3)c3ccccc3)c3csc(NC(c4ccccc4)(c4ccccc4)c4ccccc4)n3)[C@@H]2SC1. The normalized spacial score (nSPS) is 15.8. The number of carboxylic acid groups (broad SMARTS) is 1. The molecule has 0 bridgehead atoms. The first-order valence-corrected chi connectivity index (χ1v) is 25.2. The molecule has 5 aromatic carbocycles. The van der Waals surface area contributed by atoms with Crippen LogP contribution in [-0.4, -0.2) is 92.1 Å². The molecule has 3 heterocycles. The van der Waals surface area contributed by atoms with Gasteiger partial charge in [0.05, 0.1) is 0 Å². The minimum atomic E-state index is -1.32. The van der Waals surface area contributed by atoms with E-state index in [0.29, 0.717) is 23.1 Å². The average molecular weight is 993 g/mol. The van der Waals surface area contributed by atoms with Gasteiger partial charge in [0.2, 0.25) is 12.5 Å². The summed E-state index contributed by atoms with van der Waals surface area (Å²) in [6, 6.07) is 47.0. The van der Waals surface area contributed by atoms with Crippen LogP contribution in [0.4, 0.5) is 5.13 Å². The number of nitrogens with one attached hydrogen (secondary N) is 2. The molecule has 0 unspecified atom stereocenters. The van der Waals surface area contributed by atoms with E-state index >= 15 is 0 Å². The molecule has 0 saturated carbocycles. The maximum Gasteiger partial charge on any atom is 0.353 e. The smallest absolute Gasteiger partial charge is 0.353 e. The van der Waals surface area contributed by atoms with E-state index < -0.39 is 53.4 Å². The Balaban J connectivity index is 1.08. The third kappa shape index (κ3) is 10.7. The van der Waals surface area contributed by atoms with Gasteiger partial charge < -0.3 is 30.2 Å². The quantitative estimate of drug-likeness (QED) is 0.0166. The number of benzene rings is 5. The molecule has 2 atom stereocenters. The van der Waals surface area contributed by atoms with E-state index in [1.165, 1.54) is 34.6 Å². The van der Waals surface area contributed by atoms with Gasteiger partial charge >= 0.3 is 11.9 Å². The lowest BCUT2D eigenvalue weighted by Crippen LogP contribution is -2.71. The van der Waals surface area contributed by atoms with Gasteiger partial charge in [0, 0.05) is 35.2 Å². The minimum absolute atomic E-state index is 0.0729. The third-order valence-electron chi connectivity index (χ3n) is 11.6. The van der Waals surface area contributed by atoms with Crippen LogP contribution in [0.1, 0.15) is 53.5 Å². The zero-order valence-electron chi connectivity index (χ0n) is 38.0. The molecule has 1 fully saturated rings. The minimum Gasteiger partial charge on any atom is -0.477 e. The molecule has 0 spiro atoms. The van der Waals surface area contributed by atoms with E-state index in [4.69, 9.17) is 14.6 Å². The van der Waals surface area contributed by atoms with Crippen LogP contribution in [0, 0.1) is 0 Å². The Hall–Kier alpha value is -7.47. The number of rotatable bonds is 20. The van der Waals surface area contributed by atoms with E-state index in [9.17, 15) is 29.1 Å². The fourth-order valence-electron chi connectivity index (χ4n) is 8.19. The summed E-state index contributed by atoms with van der Waals surface area (Å²) in [6.45, 7) is 4.09. The number of likely N-dealkylation sites (N-methyl/N-ethyl adjacent to an activating group) is 1. The van der Waals surface area contributed by atoms with Crippen molar-refractivity contribution in [3.8, 4) is 0 Å². The molecule has 1 aromatic heterocycles. The topological polar surface area (TPSA) is 180 Å². The number of β-lactam (4-membered cyclic amide) rings is 1. The highest BCUT2D eigenvalue weighted by Crippen LogP contribution is 2.44. The molecule has 3 N–H and O–H groups in total. The second-order valence-corrected chi connectivity index (χ2v) is 18.7. The molecule has 1 saturated heterocycles. The van der Waals surface area contributed by atoms with Crippen molar-refractivity contribution in [3.63, 3.8) is 0 Å². The molecule has 0 aliphatic carbocycles. The number of amides is 3. The van der Waals surface area contributed by atoms with Crippen molar-refractivity contribution in [2.24, 2.45) is 5.16 Å². The summed E-state index contributed by atoms with van der Waals surface area (Å²) < 4.78 is 5.93. The van der Waals surface area contributed by atoms with Crippen LogP contribution >= 0.6 is 34.9 Å². The predicted octanol–water partition coefficient (Wildman–Crippen LogP) is 8.41. The number of aromatic nitrogens is 1. The second kappa shape index (κ2) is 22.8. The monoisotopic (exact) mass is 992 g/mol. The number of carbonyl (C=O) groups excluding carboxylic acids is 4. The molecular weight excluding hydrogens is 945 g/mol. The summed E-state index contributed by atoms with van der Waals surface area (Å²) in [5.74, 6) is -3.61. The number of anilines is 1. The molecule has 2 aliphatic heterocycles. The summed E-state index contributed by atoms with van der Waals surface area (Å²) in [5, 5.41) is 23.7. The van der Waals surface area contributed by atoms with Crippen LogP contribution in [0.2, 0.25) is 0 Å². The largest absolute Gasteiger partial charge is 0.477 e. The Morgan fingerprint density at radius 1 is 0.843 bits per heavy atom. The number of esters is 1. The summed E-state index contributed by atoms with van der Waals surface area (Å²) >= 11 is 3.53. The third-order valence-corrected chi connectivity index (χ3v) is 14.7. The first-order valence-electron chi connectivity index (χ1n) is 22.4. The van der Waals surface area contributed by atoms with Crippen molar-refractivity contribution in [2.45, 2.75) is 36.9 Å². The number of carboxylic acids is 1. The molecule has 14 nitrogen and oxygen atoms in total. The Morgan fingerprint density at radius 3 is 1.89 bits per heavy atom. The highest BCUT2D eigenvalue weighted by Gasteiger charge is 2.54. The van der Waals surface area contributed by atoms with Crippen LogP contribution in [0.5, 0.6) is 0 Å². The second-order valence-electron chi connectivity index (χ2n) is 15.8. The van der Waals surface area contributed by atoms with Gasteiger partial charge in [-0.3, -0.25) is 19.3 Å². The maximum absolute atomic E-state index is 14.5. The molecule has 17 heteroatoms. The lowest BCUT2D eigenvalue weighted by molar-refractivity contribution is -0.153. The molecule has 70 heavy (non-hydrogen) atoms. The molecule has 356 valence electrons. The molecule has 0 radical (unpaired) electrons. The van der Waals surface area contributed by atoms with Crippen LogP contribution in [-0.2, 0) is 39.1 Å². The van der Waals surface area contributed by atoms with E-state index in [1.54, 1.807) is 10.3 Å². The summed E-state index contributed by atoms with van der Waals surface area (Å²) in [7, 11) is 0. The number of hydrogen-bond donors (Lipinski definition) is 3. The van der Waals surface area contributed by atoms with Crippen molar-refractivity contribution in [2.75, 3.05) is 30.8 Å². The number of nitrogens with zero attached hydrogens (tertiary/aromatic N) is 4. The van der Waals surface area contributed by atoms with Gasteiger partial charge in [-0.1, -0.05) is 169 Å². The lowest BCUT2D eigenvalue weighted by atomic mass is 9.77. The van der Waals surface area contributed by atoms with Gasteiger partial charge in [0.15, 0.2) is 16.9 Å². The number of hydrogen-bond acceptors (Lipinski definition) is 13. The number of thioether (sulfide) groups is 2. The highest BCUT2D eigenvalue weighted by atomic mass is 32.2. The Bertz CT molecular complexity index is 2760. The molecule has 2 aliphatic rings. The van der Waals surface area contributed by atoms with Gasteiger partial charge in [-0.15, -0.1) is 23.1 Å². The standard InChI is InChI=1S/C53H48N6O8S3/c1-3-58(4-2)42(60)30-31-68-41-34-69-50-45(49(63)59(50)46(41)51(64)65)55-48(62)44(57-66-32-43(61)67-47(35-20-10-5-11-21-35)36-22-12-6-13-23-36)40-33-70-52(54-40)56-53(37-24-14-7-15-25-37,38-26-16-8-17-27-38)39-28-18-9-19-29-39/h5-31,33,45,47,50H,3-4,32,34H2,1-2H3,(H,54,56)(H,55,62)(H,64,65)/t45-,50+/m1/s1. The average Bonchev–Trinajstić information content (AvgIpc) is 3.86. The number of thiazole rings is 1. The van der Waals surface area contributed by atoms with E-state index in [0.717, 1.165) is 44.5 Å². The van der Waals surface area contributed by atoms with Gasteiger partial charge in [0.1, 0.15) is 28.3 Å². The van der Waals surface area contributed by atoms with E-state index in [1.807, 2.05) is 166 Å². The summed E-state index contributed by atoms with van der Waals surface area (Å²) in [6.07, 6.45) is 0.617. The van der Waals surface area contributed by atoms with Gasteiger partial charge in [-0.2, -0.15) is 0 Å². The van der Waals surface area contributed by atoms with Crippen molar-refractivity contribution >= 4 is 75.4 Å². The van der Waals surface area contributed by atoms with Crippen molar-refractivity contribution in [1.82, 2.24) is 20.1 Å². The van der Waals surface area contributed by atoms with Crippen LogP contribution < -0.4 is 10.6 Å². The molecule has 8 rings (SSSR count). The number of aliphatic carboxylic acids is 1. The van der Waals surface area contributed by atoms with Crippen LogP contribution in [0.15, 0.2) is 184 Å². The number of oxime groups is 1. The van der Waals surface area contributed by atoms with Gasteiger partial charge in [-0.25, -0.2) is 14.6 Å². The Labute approximate surface area is 417 Å². The summed E-state index contributed by atoms with van der Waals surface area (Å²) in [4.78, 5) is 80.7. The highest BCUT2D eigenvalue weighted by molar-refractivity contribution is 8.08. The first kappa shape index (κ1) is 49.0. The predicted molar refractivity (Wildman–Crippen MR) is 273 cm³/mol. The van der Waals surface area contributed by atoms with Crippen molar-refractivity contribution in [3.05, 3.63) is 213 Å². The fourth-order valence-corrected chi connectivity index (χ4v) is 11.3. The van der Waals surface area contributed by atoms with Crippen molar-refractivity contribution < 1.29 is 38.7 Å². The van der Waals surface area contributed by atoms with Crippen molar-refractivity contribution in [1.29, 1.82) is 0 Å². The lowest BCUT2D eigenvalue weighted by Gasteiger charge is -2.49. The number of fused-ring (bicyclic) bond motifs is 1. The molecule has 6 aromatic rings. The van der Waals surface area contributed by atoms with Gasteiger partial charge in [0.25, 0.3) is 11.8 Å². The van der Waals surface area contributed by atoms with E-state index in [2.05, 4.69) is 15.8 Å². The zero-order chi connectivity index (χ0) is 49.0. The van der Waals surface area contributed by atoms with Crippen LogP contribution in [0.25, 0.3) is 0 Å². The first-order chi connectivity index (χ1) is 34.1. The molecular formula is C53H48N6O8S3. The Morgan fingerprint density at radius 2 is 1.37 bits per heavy atom.